The summed E-state index contributed by atoms with van der Waals surface area (Å²) in [7, 11) is 0. The second kappa shape index (κ2) is 18.8. The van der Waals surface area contributed by atoms with Crippen LogP contribution in [0.4, 0.5) is 24.5 Å². The number of hydrogen-bond donors (Lipinski definition) is 1. The van der Waals surface area contributed by atoms with Gasteiger partial charge in [0.2, 0.25) is 0 Å². The number of para-hydroxylation sites is 1. The highest BCUT2D eigenvalue weighted by molar-refractivity contribution is 6.31. The van der Waals surface area contributed by atoms with Crippen LogP contribution < -0.4 is 19.9 Å². The van der Waals surface area contributed by atoms with Crippen molar-refractivity contribution in [2.75, 3.05) is 58.2 Å². The maximum Gasteiger partial charge on any atom is 0.417 e. The van der Waals surface area contributed by atoms with E-state index >= 15 is 0 Å². The molecule has 0 aliphatic heterocycles. The lowest BCUT2D eigenvalue weighted by molar-refractivity contribution is -0.137. The molecule has 0 aromatic heterocycles. The minimum absolute atomic E-state index is 0.00249. The monoisotopic (exact) mass is 676 g/mol. The Morgan fingerprint density at radius 1 is 0.787 bits per heavy atom. The van der Waals surface area contributed by atoms with E-state index in [2.05, 4.69) is 37.5 Å². The number of aliphatic imine (C=N–C) groups is 1. The smallest absolute Gasteiger partial charge is 0.417 e. The molecule has 0 aliphatic carbocycles. The van der Waals surface area contributed by atoms with Gasteiger partial charge in [-0.25, -0.2) is 4.99 Å². The van der Waals surface area contributed by atoms with Crippen molar-refractivity contribution in [3.8, 4) is 23.0 Å². The van der Waals surface area contributed by atoms with Crippen LogP contribution in [-0.4, -0.2) is 68.0 Å². The van der Waals surface area contributed by atoms with E-state index in [9.17, 15) is 13.2 Å². The zero-order valence-corrected chi connectivity index (χ0v) is 28.9. The Balaban J connectivity index is 1.87. The van der Waals surface area contributed by atoms with Gasteiger partial charge in [-0.05, 0) is 89.2 Å². The fourth-order valence-corrected chi connectivity index (χ4v) is 5.31. The van der Waals surface area contributed by atoms with Crippen LogP contribution in [0.3, 0.4) is 0 Å². The third-order valence-electron chi connectivity index (χ3n) is 7.91. The lowest BCUT2D eigenvalue weighted by atomic mass is 10.1. The molecule has 3 rings (SSSR count). The molecule has 7 nitrogen and oxygen atoms in total. The van der Waals surface area contributed by atoms with Crippen LogP contribution in [0.25, 0.3) is 0 Å². The fraction of sp³-hybridized carbons (Fsp3) is 0.472. The number of halogens is 4. The zero-order valence-electron chi connectivity index (χ0n) is 28.1. The summed E-state index contributed by atoms with van der Waals surface area (Å²) < 4.78 is 58.7. The van der Waals surface area contributed by atoms with Crippen LogP contribution in [-0.2, 0) is 6.18 Å². The van der Waals surface area contributed by atoms with Crippen molar-refractivity contribution in [1.29, 1.82) is 0 Å². The predicted molar refractivity (Wildman–Crippen MR) is 186 cm³/mol. The molecule has 3 aromatic rings. The van der Waals surface area contributed by atoms with Gasteiger partial charge in [-0.2, -0.15) is 13.2 Å². The number of ether oxygens (including phenoxy) is 3. The molecule has 0 radical (unpaired) electrons. The molecule has 0 spiro atoms. The molecule has 0 unspecified atom stereocenters. The Labute approximate surface area is 282 Å². The van der Waals surface area contributed by atoms with E-state index in [1.54, 1.807) is 37.3 Å². The molecule has 0 fully saturated rings. The van der Waals surface area contributed by atoms with Crippen LogP contribution in [0.5, 0.6) is 23.0 Å². The van der Waals surface area contributed by atoms with Gasteiger partial charge >= 0.3 is 6.18 Å². The van der Waals surface area contributed by atoms with Crippen LogP contribution >= 0.6 is 11.6 Å². The van der Waals surface area contributed by atoms with E-state index in [0.29, 0.717) is 53.1 Å². The number of nitrogen functional groups attached to an aromatic ring is 1. The third-order valence-corrected chi connectivity index (χ3v) is 8.24. The van der Waals surface area contributed by atoms with Gasteiger partial charge in [0.05, 0.1) is 29.5 Å². The first-order valence-electron chi connectivity index (χ1n) is 16.3. The number of unbranched alkanes of at least 4 members (excludes halogenated alkanes) is 1. The lowest BCUT2D eigenvalue weighted by Crippen LogP contribution is -2.25. The molecule has 47 heavy (non-hydrogen) atoms. The average Bonchev–Trinajstić information content (AvgIpc) is 3.04. The Hall–Kier alpha value is -3.47. The fourth-order valence-electron chi connectivity index (χ4n) is 5.09. The SMILES string of the molecule is CCN(CC)CCCCOc1cc(N)c(N=C(C)c2ccccc2Oc2ccc(Cl)c(C(F)(F)F)c2)c(OCCCN(CC)CC)c1. The second-order valence-corrected chi connectivity index (χ2v) is 11.5. The maximum atomic E-state index is 13.5. The molecule has 258 valence electrons. The molecule has 0 aliphatic rings. The molecule has 3 aromatic carbocycles. The van der Waals surface area contributed by atoms with Gasteiger partial charge < -0.3 is 29.7 Å². The number of alkyl halides is 3. The van der Waals surface area contributed by atoms with E-state index in [4.69, 9.17) is 36.5 Å². The van der Waals surface area contributed by atoms with E-state index in [1.807, 2.05) is 6.07 Å². The summed E-state index contributed by atoms with van der Waals surface area (Å²) in [4.78, 5) is 9.56. The number of nitrogens with two attached hydrogens (primary N) is 1. The first kappa shape index (κ1) is 38.0. The molecular formula is C36H48ClF3N4O3. The molecule has 0 bridgehead atoms. The van der Waals surface area contributed by atoms with Gasteiger partial charge in [-0.1, -0.05) is 51.4 Å². The van der Waals surface area contributed by atoms with Crippen molar-refractivity contribution in [3.05, 3.63) is 70.7 Å². The quantitative estimate of drug-likeness (QED) is 0.0775. The Morgan fingerprint density at radius 3 is 2.09 bits per heavy atom. The first-order valence-corrected chi connectivity index (χ1v) is 16.7. The Kier molecular flexibility index (Phi) is 15.2. The topological polar surface area (TPSA) is 72.5 Å². The van der Waals surface area contributed by atoms with E-state index < -0.39 is 16.8 Å². The van der Waals surface area contributed by atoms with Gasteiger partial charge in [0, 0.05) is 30.0 Å². The standard InChI is InChI=1S/C36H48ClF3N4O3/c1-6-43(7-2)19-12-13-21-45-28-24-32(41)35(34(25-28)46-22-14-20-44(8-3)9-4)42-26(5)29-15-10-11-16-33(29)47-27-17-18-31(37)30(23-27)36(38,39)40/h10-11,15-18,23-25H,6-9,12-14,19-22,41H2,1-5H3. The third kappa shape index (κ3) is 11.6. The molecule has 11 heteroatoms. The number of anilines is 1. The van der Waals surface area contributed by atoms with Gasteiger partial charge in [0.15, 0.2) is 5.75 Å². The lowest BCUT2D eigenvalue weighted by Gasteiger charge is -2.19. The normalized spacial score (nSPS) is 12.2. The van der Waals surface area contributed by atoms with Crippen LogP contribution in [0.15, 0.2) is 59.6 Å². The molecule has 0 saturated heterocycles. The van der Waals surface area contributed by atoms with E-state index in [1.165, 1.54) is 12.1 Å². The van der Waals surface area contributed by atoms with Crippen molar-refractivity contribution < 1.29 is 27.4 Å². The second-order valence-electron chi connectivity index (χ2n) is 11.1. The number of nitrogens with zero attached hydrogens (tertiary/aromatic N) is 3. The molecule has 0 atom stereocenters. The minimum Gasteiger partial charge on any atom is -0.493 e. The van der Waals surface area contributed by atoms with E-state index in [0.717, 1.165) is 64.6 Å². The van der Waals surface area contributed by atoms with Gasteiger partial charge in [-0.15, -0.1) is 0 Å². The molecule has 2 N–H and O–H groups in total. The zero-order chi connectivity index (χ0) is 34.4. The summed E-state index contributed by atoms with van der Waals surface area (Å²) in [6.07, 6.45) is -1.86. The summed E-state index contributed by atoms with van der Waals surface area (Å²) in [5.74, 6) is 1.42. The van der Waals surface area contributed by atoms with E-state index in [-0.39, 0.29) is 5.75 Å². The van der Waals surface area contributed by atoms with Crippen LogP contribution in [0, 0.1) is 0 Å². The van der Waals surface area contributed by atoms with Crippen molar-refractivity contribution in [1.82, 2.24) is 9.80 Å². The highest BCUT2D eigenvalue weighted by Gasteiger charge is 2.33. The van der Waals surface area contributed by atoms with Crippen molar-refractivity contribution in [2.45, 2.75) is 60.1 Å². The average molecular weight is 677 g/mol. The maximum absolute atomic E-state index is 13.5. The molecule has 0 saturated carbocycles. The van der Waals surface area contributed by atoms with Gasteiger partial charge in [0.1, 0.15) is 22.9 Å². The van der Waals surface area contributed by atoms with Crippen molar-refractivity contribution in [2.24, 2.45) is 4.99 Å². The highest BCUT2D eigenvalue weighted by atomic mass is 35.5. The predicted octanol–water partition coefficient (Wildman–Crippen LogP) is 9.49. The van der Waals surface area contributed by atoms with Crippen molar-refractivity contribution in [3.63, 3.8) is 0 Å². The van der Waals surface area contributed by atoms with Gasteiger partial charge in [0.25, 0.3) is 0 Å². The Morgan fingerprint density at radius 2 is 1.43 bits per heavy atom. The molecule has 0 heterocycles. The first-order chi connectivity index (χ1) is 22.5. The minimum atomic E-state index is -4.62. The van der Waals surface area contributed by atoms with Crippen molar-refractivity contribution >= 4 is 28.7 Å². The van der Waals surface area contributed by atoms with Crippen LogP contribution in [0.2, 0.25) is 5.02 Å². The number of benzene rings is 3. The summed E-state index contributed by atoms with van der Waals surface area (Å²) in [5, 5.41) is -0.400. The highest BCUT2D eigenvalue weighted by Crippen LogP contribution is 2.40. The van der Waals surface area contributed by atoms with Crippen LogP contribution in [0.1, 0.15) is 65.0 Å². The molecule has 0 amide bonds. The number of rotatable bonds is 19. The summed E-state index contributed by atoms with van der Waals surface area (Å²) in [6, 6.07) is 14.0. The van der Waals surface area contributed by atoms with Gasteiger partial charge in [-0.3, -0.25) is 0 Å². The number of hydrogen-bond acceptors (Lipinski definition) is 7. The summed E-state index contributed by atoms with van der Waals surface area (Å²) >= 11 is 5.81. The summed E-state index contributed by atoms with van der Waals surface area (Å²) in [6.45, 7) is 17.3. The largest absolute Gasteiger partial charge is 0.493 e. The molecular weight excluding hydrogens is 629 g/mol. The summed E-state index contributed by atoms with van der Waals surface area (Å²) in [5.41, 5.74) is 7.53. The Bertz CT molecular complexity index is 1440.